The maximum Gasteiger partial charge on any atom is 0.269 e. The monoisotopic (exact) mass is 347 g/mol. The van der Waals surface area contributed by atoms with E-state index in [-0.39, 0.29) is 11.6 Å². The number of carbonyl (C=O) groups is 1. The number of halogens is 1. The van der Waals surface area contributed by atoms with Gasteiger partial charge in [-0.1, -0.05) is 22.0 Å². The van der Waals surface area contributed by atoms with Crippen LogP contribution in [0.25, 0.3) is 0 Å². The number of benzene rings is 2. The zero-order valence-corrected chi connectivity index (χ0v) is 12.3. The van der Waals surface area contributed by atoms with Gasteiger partial charge in [0, 0.05) is 33.5 Å². The molecule has 2 aromatic carbocycles. The molecule has 3 rings (SSSR count). The molecular formula is C14H10BrN3O3. The minimum absolute atomic E-state index is 0.0146. The highest BCUT2D eigenvalue weighted by Crippen LogP contribution is 2.35. The highest BCUT2D eigenvalue weighted by Gasteiger charge is 2.30. The van der Waals surface area contributed by atoms with Gasteiger partial charge in [-0.3, -0.25) is 14.9 Å². The summed E-state index contributed by atoms with van der Waals surface area (Å²) in [6.45, 7) is 0. The van der Waals surface area contributed by atoms with E-state index >= 15 is 0 Å². The first-order valence-electron chi connectivity index (χ1n) is 6.16. The Kier molecular flexibility index (Phi) is 3.34. The van der Waals surface area contributed by atoms with Crippen LogP contribution < -0.4 is 10.6 Å². The van der Waals surface area contributed by atoms with Crippen molar-refractivity contribution in [2.45, 2.75) is 6.04 Å². The second-order valence-electron chi connectivity index (χ2n) is 4.60. The summed E-state index contributed by atoms with van der Waals surface area (Å²) >= 11 is 3.36. The third-order valence-electron chi connectivity index (χ3n) is 3.24. The normalized spacial score (nSPS) is 16.2. The topological polar surface area (TPSA) is 84.3 Å². The third-order valence-corrected chi connectivity index (χ3v) is 3.73. The number of nitrogens with one attached hydrogen (secondary N) is 2. The molecule has 0 saturated carbocycles. The van der Waals surface area contributed by atoms with Gasteiger partial charge < -0.3 is 10.6 Å². The van der Waals surface area contributed by atoms with Gasteiger partial charge in [-0.05, 0) is 24.3 Å². The van der Waals surface area contributed by atoms with Crippen LogP contribution in [0.15, 0.2) is 46.9 Å². The molecule has 6 nitrogen and oxygen atoms in total. The molecule has 0 saturated heterocycles. The van der Waals surface area contributed by atoms with Gasteiger partial charge in [-0.25, -0.2) is 0 Å². The fourth-order valence-electron chi connectivity index (χ4n) is 2.22. The van der Waals surface area contributed by atoms with E-state index in [4.69, 9.17) is 0 Å². The summed E-state index contributed by atoms with van der Waals surface area (Å²) in [5.41, 5.74) is 2.27. The lowest BCUT2D eigenvalue weighted by atomic mass is 10.1. The van der Waals surface area contributed by atoms with Crippen LogP contribution in [0.3, 0.4) is 0 Å². The summed E-state index contributed by atoms with van der Waals surface area (Å²) in [5.74, 6) is -0.151. The fraction of sp³-hybridized carbons (Fsp3) is 0.0714. The van der Waals surface area contributed by atoms with Gasteiger partial charge in [0.2, 0.25) is 0 Å². The Labute approximate surface area is 128 Å². The van der Waals surface area contributed by atoms with Gasteiger partial charge in [0.25, 0.3) is 11.6 Å². The van der Waals surface area contributed by atoms with Crippen molar-refractivity contribution >= 4 is 38.9 Å². The Balaban J connectivity index is 1.85. The zero-order valence-electron chi connectivity index (χ0n) is 10.7. The predicted molar refractivity (Wildman–Crippen MR) is 82.2 cm³/mol. The van der Waals surface area contributed by atoms with Crippen LogP contribution >= 0.6 is 15.9 Å². The van der Waals surface area contributed by atoms with E-state index in [9.17, 15) is 14.9 Å². The molecule has 0 spiro atoms. The molecular weight excluding hydrogens is 338 g/mol. The lowest BCUT2D eigenvalue weighted by molar-refractivity contribution is -0.384. The van der Waals surface area contributed by atoms with Gasteiger partial charge in [-0.15, -0.1) is 0 Å². The lowest BCUT2D eigenvalue weighted by Crippen LogP contribution is -2.19. The van der Waals surface area contributed by atoms with Gasteiger partial charge in [0.05, 0.1) is 4.92 Å². The largest absolute Gasteiger partial charge is 0.370 e. The maximum atomic E-state index is 12.0. The number of anilines is 2. The molecule has 0 bridgehead atoms. The number of carbonyl (C=O) groups excluding carboxylic acids is 1. The number of nitrogens with zero attached hydrogens (tertiary/aromatic N) is 1. The van der Waals surface area contributed by atoms with Crippen molar-refractivity contribution in [1.82, 2.24) is 0 Å². The third kappa shape index (κ3) is 2.59. The first kappa shape index (κ1) is 13.6. The Hall–Kier alpha value is -2.41. The number of hydrogen-bond donors (Lipinski definition) is 2. The quantitative estimate of drug-likeness (QED) is 0.657. The van der Waals surface area contributed by atoms with Crippen LogP contribution in [0, 0.1) is 10.1 Å². The van der Waals surface area contributed by atoms with Crippen LogP contribution in [0.2, 0.25) is 0 Å². The minimum Gasteiger partial charge on any atom is -0.370 e. The number of hydrogen-bond acceptors (Lipinski definition) is 4. The van der Waals surface area contributed by atoms with E-state index in [1.165, 1.54) is 12.1 Å². The Morgan fingerprint density at radius 1 is 1.19 bits per heavy atom. The highest BCUT2D eigenvalue weighted by molar-refractivity contribution is 9.10. The summed E-state index contributed by atoms with van der Waals surface area (Å²) < 4.78 is 0.887. The number of nitro groups is 1. The highest BCUT2D eigenvalue weighted by atomic mass is 79.9. The van der Waals surface area contributed by atoms with E-state index < -0.39 is 11.0 Å². The summed E-state index contributed by atoms with van der Waals surface area (Å²) in [7, 11) is 0. The molecule has 1 amide bonds. The average molecular weight is 348 g/mol. The van der Waals surface area contributed by atoms with E-state index in [1.807, 2.05) is 18.2 Å². The predicted octanol–water partition coefficient (Wildman–Crippen LogP) is 3.46. The van der Waals surface area contributed by atoms with Gasteiger partial charge in [0.15, 0.2) is 0 Å². The van der Waals surface area contributed by atoms with Crippen molar-refractivity contribution in [3.63, 3.8) is 0 Å². The van der Waals surface area contributed by atoms with Gasteiger partial charge in [0.1, 0.15) is 6.04 Å². The smallest absolute Gasteiger partial charge is 0.269 e. The second-order valence-corrected chi connectivity index (χ2v) is 5.52. The molecule has 0 aliphatic carbocycles. The molecule has 1 unspecified atom stereocenters. The number of nitro benzene ring substituents is 1. The molecule has 2 aromatic rings. The Bertz CT molecular complexity index is 731. The SMILES string of the molecule is O=C1Nc2cc(Br)ccc2C1Nc1ccc([N+](=O)[O-])cc1. The number of rotatable bonds is 3. The van der Waals surface area contributed by atoms with Crippen LogP contribution in [0.5, 0.6) is 0 Å². The van der Waals surface area contributed by atoms with Crippen molar-refractivity contribution in [2.24, 2.45) is 0 Å². The summed E-state index contributed by atoms with van der Waals surface area (Å²) in [6, 6.07) is 11.0. The molecule has 7 heteroatoms. The minimum atomic E-state index is -0.505. The average Bonchev–Trinajstić information content (AvgIpc) is 2.75. The molecule has 0 radical (unpaired) electrons. The van der Waals surface area contributed by atoms with Crippen LogP contribution in [-0.4, -0.2) is 10.8 Å². The van der Waals surface area contributed by atoms with Crippen LogP contribution in [0.1, 0.15) is 11.6 Å². The molecule has 106 valence electrons. The molecule has 2 N–H and O–H groups in total. The summed E-state index contributed by atoms with van der Waals surface area (Å²) in [5, 5.41) is 16.5. The maximum absolute atomic E-state index is 12.0. The van der Waals surface area contributed by atoms with Crippen molar-refractivity contribution in [3.05, 3.63) is 62.6 Å². The summed E-state index contributed by atoms with van der Waals surface area (Å²) in [4.78, 5) is 22.2. The zero-order chi connectivity index (χ0) is 15.0. The molecule has 1 aliphatic heterocycles. The molecule has 1 heterocycles. The Morgan fingerprint density at radius 2 is 1.90 bits per heavy atom. The van der Waals surface area contributed by atoms with Crippen molar-refractivity contribution in [2.75, 3.05) is 10.6 Å². The standard InChI is InChI=1S/C14H10BrN3O3/c15-8-1-6-11-12(7-8)17-14(19)13(11)16-9-2-4-10(5-3-9)18(20)21/h1-7,13,16H,(H,17,19). The van der Waals surface area contributed by atoms with Crippen molar-refractivity contribution in [3.8, 4) is 0 Å². The van der Waals surface area contributed by atoms with Crippen LogP contribution in [0.4, 0.5) is 17.1 Å². The lowest BCUT2D eigenvalue weighted by Gasteiger charge is -2.12. The molecule has 1 atom stereocenters. The van der Waals surface area contributed by atoms with Crippen molar-refractivity contribution < 1.29 is 9.72 Å². The Morgan fingerprint density at radius 3 is 2.57 bits per heavy atom. The second kappa shape index (κ2) is 5.17. The van der Waals surface area contributed by atoms with E-state index in [0.29, 0.717) is 5.69 Å². The number of non-ortho nitro benzene ring substituents is 1. The van der Waals surface area contributed by atoms with Gasteiger partial charge in [-0.2, -0.15) is 0 Å². The number of amides is 1. The molecule has 0 aromatic heterocycles. The number of fused-ring (bicyclic) bond motifs is 1. The van der Waals surface area contributed by atoms with Gasteiger partial charge >= 0.3 is 0 Å². The van der Waals surface area contributed by atoms with Crippen LogP contribution in [-0.2, 0) is 4.79 Å². The van der Waals surface area contributed by atoms with E-state index in [1.54, 1.807) is 12.1 Å². The van der Waals surface area contributed by atoms with E-state index in [0.717, 1.165) is 15.7 Å². The molecule has 21 heavy (non-hydrogen) atoms. The summed E-state index contributed by atoms with van der Waals surface area (Å²) in [6.07, 6.45) is 0. The van der Waals surface area contributed by atoms with Crippen molar-refractivity contribution in [1.29, 1.82) is 0 Å². The first-order chi connectivity index (χ1) is 10.0. The first-order valence-corrected chi connectivity index (χ1v) is 6.95. The molecule has 1 aliphatic rings. The van der Waals surface area contributed by atoms with E-state index in [2.05, 4.69) is 26.6 Å². The molecule has 0 fully saturated rings. The fourth-order valence-corrected chi connectivity index (χ4v) is 2.59.